The van der Waals surface area contributed by atoms with Gasteiger partial charge in [-0.15, -0.1) is 0 Å². The molecule has 0 bridgehead atoms. The summed E-state index contributed by atoms with van der Waals surface area (Å²) in [6.45, 7) is 4.17. The molecular weight excluding hydrogens is 280 g/mol. The zero-order valence-corrected chi connectivity index (χ0v) is 13.0. The Morgan fingerprint density at radius 1 is 0.818 bits per heavy atom. The lowest BCUT2D eigenvalue weighted by Crippen LogP contribution is -2.27. The molecule has 0 saturated heterocycles. The normalized spacial score (nSPS) is 11.7. The monoisotopic (exact) mass is 300 g/mol. The van der Waals surface area contributed by atoms with E-state index in [1.807, 2.05) is 0 Å². The fourth-order valence-electron chi connectivity index (χ4n) is 2.79. The van der Waals surface area contributed by atoms with Crippen molar-refractivity contribution < 1.29 is 0 Å². The predicted octanol–water partition coefficient (Wildman–Crippen LogP) is 1.83. The molecule has 6 nitrogen and oxygen atoms in total. The zero-order chi connectivity index (χ0) is 15.7. The molecule has 116 valence electrons. The Morgan fingerprint density at radius 3 is 1.59 bits per heavy atom. The van der Waals surface area contributed by atoms with Crippen molar-refractivity contribution in [2.45, 2.75) is 52.4 Å². The van der Waals surface area contributed by atoms with Crippen LogP contribution in [0.15, 0.2) is 22.0 Å². The molecule has 22 heavy (non-hydrogen) atoms. The Hall–Kier alpha value is -2.24. The van der Waals surface area contributed by atoms with Crippen LogP contribution in [0.4, 0.5) is 0 Å². The lowest BCUT2D eigenvalue weighted by molar-refractivity contribution is 0.735. The average Bonchev–Trinajstić information content (AvgIpc) is 3.13. The first-order valence-electron chi connectivity index (χ1n) is 7.91. The highest BCUT2D eigenvalue weighted by atomic mass is 16.1. The highest BCUT2D eigenvalue weighted by Gasteiger charge is 2.17. The van der Waals surface area contributed by atoms with Crippen molar-refractivity contribution in [1.29, 1.82) is 0 Å². The maximum absolute atomic E-state index is 12.7. The summed E-state index contributed by atoms with van der Waals surface area (Å²) in [6, 6.07) is 0. The molecule has 0 radical (unpaired) electrons. The summed E-state index contributed by atoms with van der Waals surface area (Å²) in [5.41, 5.74) is 0.292. The summed E-state index contributed by atoms with van der Waals surface area (Å²) >= 11 is 0. The minimum atomic E-state index is -0.201. The quantitative estimate of drug-likeness (QED) is 0.696. The summed E-state index contributed by atoms with van der Waals surface area (Å²) in [5, 5.41) is 0. The molecule has 3 aromatic heterocycles. The average molecular weight is 300 g/mol. The molecule has 0 unspecified atom stereocenters. The number of imidazole rings is 2. The molecule has 0 saturated carbocycles. The Morgan fingerprint density at radius 2 is 1.23 bits per heavy atom. The van der Waals surface area contributed by atoms with E-state index in [0.29, 0.717) is 35.5 Å². The van der Waals surface area contributed by atoms with E-state index in [0.717, 1.165) is 25.7 Å². The fourth-order valence-corrected chi connectivity index (χ4v) is 2.79. The third kappa shape index (κ3) is 2.19. The first-order chi connectivity index (χ1) is 10.7. The number of fused-ring (bicyclic) bond motifs is 2. The predicted molar refractivity (Wildman–Crippen MR) is 84.9 cm³/mol. The van der Waals surface area contributed by atoms with Crippen molar-refractivity contribution in [2.24, 2.45) is 0 Å². The topological polar surface area (TPSA) is 68.7 Å². The molecule has 0 N–H and O–H groups in total. The molecule has 0 spiro atoms. The molecule has 0 aliphatic carbocycles. The van der Waals surface area contributed by atoms with Crippen LogP contribution in [-0.4, -0.2) is 18.8 Å². The van der Waals surface area contributed by atoms with Gasteiger partial charge in [-0.1, -0.05) is 26.7 Å². The fraction of sp³-hybridized carbons (Fsp3) is 0.500. The molecule has 0 aliphatic rings. The molecule has 3 heterocycles. The van der Waals surface area contributed by atoms with Crippen LogP contribution in [0.25, 0.3) is 11.0 Å². The minimum absolute atomic E-state index is 0.201. The van der Waals surface area contributed by atoms with Gasteiger partial charge in [0.15, 0.2) is 0 Å². The van der Waals surface area contributed by atoms with Crippen LogP contribution in [0.1, 0.15) is 51.2 Å². The molecular formula is C16H20N4O2. The molecule has 0 atom stereocenters. The molecule has 0 amide bonds. The van der Waals surface area contributed by atoms with Crippen LogP contribution in [-0.2, 0) is 12.8 Å². The van der Waals surface area contributed by atoms with Gasteiger partial charge in [0, 0.05) is 12.8 Å². The second-order valence-corrected chi connectivity index (χ2v) is 5.61. The molecule has 3 aromatic rings. The maximum Gasteiger partial charge on any atom is 0.282 e. The summed E-state index contributed by atoms with van der Waals surface area (Å²) in [5.74, 6) is 1.33. The van der Waals surface area contributed by atoms with E-state index in [1.54, 1.807) is 0 Å². The largest absolute Gasteiger partial charge is 0.282 e. The van der Waals surface area contributed by atoms with E-state index in [-0.39, 0.29) is 11.1 Å². The Kier molecular flexibility index (Phi) is 3.92. The number of nitrogens with zero attached hydrogens (tertiary/aromatic N) is 4. The van der Waals surface area contributed by atoms with Crippen molar-refractivity contribution in [1.82, 2.24) is 18.8 Å². The highest BCUT2D eigenvalue weighted by molar-refractivity contribution is 5.54. The second kappa shape index (κ2) is 5.87. The van der Waals surface area contributed by atoms with Gasteiger partial charge in [-0.3, -0.25) is 18.4 Å². The van der Waals surface area contributed by atoms with Crippen molar-refractivity contribution in [3.05, 3.63) is 44.8 Å². The van der Waals surface area contributed by atoms with E-state index in [9.17, 15) is 9.59 Å². The molecule has 6 heteroatoms. The Bertz CT molecular complexity index is 834. The number of aromatic nitrogens is 4. The molecule has 0 aromatic carbocycles. The molecule has 3 rings (SSSR count). The highest BCUT2D eigenvalue weighted by Crippen LogP contribution is 2.08. The van der Waals surface area contributed by atoms with Crippen LogP contribution >= 0.6 is 0 Å². The van der Waals surface area contributed by atoms with E-state index in [4.69, 9.17) is 0 Å². The number of aryl methyl sites for hydroxylation is 2. The van der Waals surface area contributed by atoms with Crippen molar-refractivity contribution in [2.75, 3.05) is 0 Å². The smallest absolute Gasteiger partial charge is 0.266 e. The van der Waals surface area contributed by atoms with Gasteiger partial charge >= 0.3 is 0 Å². The number of hydrogen-bond donors (Lipinski definition) is 0. The summed E-state index contributed by atoms with van der Waals surface area (Å²) in [4.78, 5) is 33.9. The Balaban J connectivity index is 2.25. The van der Waals surface area contributed by atoms with E-state index in [2.05, 4.69) is 23.8 Å². The molecule has 0 fully saturated rings. The number of rotatable bonds is 6. The summed E-state index contributed by atoms with van der Waals surface area (Å²) < 4.78 is 2.91. The van der Waals surface area contributed by atoms with Crippen LogP contribution in [0.3, 0.4) is 0 Å². The SMILES string of the molecule is CCCCc1ncc2c(=O)n3c(CCCC)ncc3c(=O)n12. The van der Waals surface area contributed by atoms with Crippen LogP contribution in [0.2, 0.25) is 0 Å². The van der Waals surface area contributed by atoms with Crippen molar-refractivity contribution in [3.63, 3.8) is 0 Å². The van der Waals surface area contributed by atoms with Gasteiger partial charge < -0.3 is 0 Å². The number of unbranched alkanes of at least 4 members (excludes halogenated alkanes) is 2. The zero-order valence-electron chi connectivity index (χ0n) is 13.0. The van der Waals surface area contributed by atoms with Gasteiger partial charge in [0.25, 0.3) is 11.1 Å². The third-order valence-corrected chi connectivity index (χ3v) is 4.02. The van der Waals surface area contributed by atoms with Gasteiger partial charge in [-0.05, 0) is 12.8 Å². The molecule has 0 aliphatic heterocycles. The summed E-state index contributed by atoms with van der Waals surface area (Å²) in [6.07, 6.45) is 8.35. The standard InChI is InChI=1S/C16H20N4O2/c1-3-5-7-13-17-9-11-16(22)20-12(15(21)19(11)13)10-18-14(20)8-6-4-2/h9-10H,3-8H2,1-2H3. The first-order valence-corrected chi connectivity index (χ1v) is 7.91. The van der Waals surface area contributed by atoms with Gasteiger partial charge in [0.1, 0.15) is 22.7 Å². The van der Waals surface area contributed by atoms with E-state index in [1.165, 1.54) is 21.2 Å². The number of hydrogen-bond acceptors (Lipinski definition) is 4. The first kappa shape index (κ1) is 14.7. The van der Waals surface area contributed by atoms with Gasteiger partial charge in [-0.25, -0.2) is 9.97 Å². The van der Waals surface area contributed by atoms with Crippen LogP contribution in [0, 0.1) is 0 Å². The third-order valence-electron chi connectivity index (χ3n) is 4.02. The second-order valence-electron chi connectivity index (χ2n) is 5.61. The lowest BCUT2D eigenvalue weighted by Gasteiger charge is -2.02. The van der Waals surface area contributed by atoms with Crippen molar-refractivity contribution in [3.8, 4) is 0 Å². The van der Waals surface area contributed by atoms with Crippen LogP contribution < -0.4 is 11.1 Å². The maximum atomic E-state index is 12.7. The van der Waals surface area contributed by atoms with Gasteiger partial charge in [-0.2, -0.15) is 0 Å². The van der Waals surface area contributed by atoms with Gasteiger partial charge in [0.05, 0.1) is 12.4 Å². The van der Waals surface area contributed by atoms with Crippen molar-refractivity contribution >= 4 is 11.0 Å². The van der Waals surface area contributed by atoms with Crippen LogP contribution in [0.5, 0.6) is 0 Å². The van der Waals surface area contributed by atoms with E-state index < -0.39 is 0 Å². The lowest BCUT2D eigenvalue weighted by atomic mass is 10.2. The van der Waals surface area contributed by atoms with Gasteiger partial charge in [0.2, 0.25) is 0 Å². The van der Waals surface area contributed by atoms with E-state index >= 15 is 0 Å². The Labute approximate surface area is 127 Å². The minimum Gasteiger partial charge on any atom is -0.266 e. The summed E-state index contributed by atoms with van der Waals surface area (Å²) in [7, 11) is 0.